The average Bonchev–Trinajstić information content (AvgIpc) is 2.60. The second-order valence-electron chi connectivity index (χ2n) is 6.05. The molecule has 1 atom stereocenters. The van der Waals surface area contributed by atoms with Crippen LogP contribution in [0.1, 0.15) is 11.1 Å². The number of hydrogen-bond acceptors (Lipinski definition) is 3. The molecule has 0 aliphatic carbocycles. The van der Waals surface area contributed by atoms with Crippen LogP contribution in [-0.4, -0.2) is 25.2 Å². The number of halogens is 8. The van der Waals surface area contributed by atoms with E-state index in [4.69, 9.17) is 9.29 Å². The summed E-state index contributed by atoms with van der Waals surface area (Å²) in [5.74, 6) is -10.3. The van der Waals surface area contributed by atoms with E-state index in [-0.39, 0.29) is 5.75 Å². The molecule has 13 heteroatoms. The van der Waals surface area contributed by atoms with Crippen molar-refractivity contribution in [2.45, 2.75) is 35.2 Å². The fourth-order valence-corrected chi connectivity index (χ4v) is 3.44. The highest BCUT2D eigenvalue weighted by Gasteiger charge is 2.75. The molecule has 0 spiro atoms. The zero-order valence-electron chi connectivity index (χ0n) is 15.0. The van der Waals surface area contributed by atoms with Crippen LogP contribution in [-0.2, 0) is 11.1 Å². The van der Waals surface area contributed by atoms with Gasteiger partial charge in [-0.15, -0.1) is 0 Å². The summed E-state index contributed by atoms with van der Waals surface area (Å²) in [6.07, 6.45) is 0. The van der Waals surface area contributed by atoms with Gasteiger partial charge < -0.3 is 9.29 Å². The monoisotopic (exact) mass is 480 g/mol. The maximum Gasteiger partial charge on any atom is 0.413 e. The summed E-state index contributed by atoms with van der Waals surface area (Å²) in [6, 6.07) is 5.57. The smallest absolute Gasteiger partial charge is 0.413 e. The second kappa shape index (κ2) is 8.35. The van der Waals surface area contributed by atoms with E-state index in [1.54, 1.807) is 26.0 Å². The highest BCUT2D eigenvalue weighted by atomic mass is 32.2. The van der Waals surface area contributed by atoms with E-state index in [0.717, 1.165) is 5.56 Å². The summed E-state index contributed by atoms with van der Waals surface area (Å²) in [5, 5.41) is -11.9. The van der Waals surface area contributed by atoms with Crippen LogP contribution >= 0.6 is 11.8 Å². The molecule has 166 valence electrons. The average molecular weight is 480 g/mol. The van der Waals surface area contributed by atoms with Crippen molar-refractivity contribution < 1.29 is 48.6 Å². The molecule has 0 radical (unpaired) electrons. The summed E-state index contributed by atoms with van der Waals surface area (Å²) in [5.41, 5.74) is 1.42. The third kappa shape index (κ3) is 4.57. The molecule has 2 rings (SSSR count). The number of hydrogen-bond donors (Lipinski definition) is 1. The lowest BCUT2D eigenvalue weighted by Crippen LogP contribution is -2.54. The molecule has 0 heterocycles. The molecule has 3 nitrogen and oxygen atoms in total. The Morgan fingerprint density at radius 2 is 1.50 bits per heavy atom. The summed E-state index contributed by atoms with van der Waals surface area (Å²) in [6.45, 7) is 3.39. The van der Waals surface area contributed by atoms with E-state index in [2.05, 4.69) is 0 Å². The van der Waals surface area contributed by atoms with Gasteiger partial charge in [0.05, 0.1) is 4.90 Å². The van der Waals surface area contributed by atoms with Crippen molar-refractivity contribution in [3.8, 4) is 11.5 Å². The summed E-state index contributed by atoms with van der Waals surface area (Å²) >= 11 is -6.22. The summed E-state index contributed by atoms with van der Waals surface area (Å²) in [7, 11) is 0. The first kappa shape index (κ1) is 24.4. The van der Waals surface area contributed by atoms with Crippen LogP contribution < -0.4 is 4.74 Å². The van der Waals surface area contributed by atoms with Gasteiger partial charge in [0.15, 0.2) is 0 Å². The molecule has 0 saturated heterocycles. The fraction of sp³-hybridized carbons (Fsp3) is 0.294. The first-order chi connectivity index (χ1) is 13.6. The van der Waals surface area contributed by atoms with Crippen LogP contribution in [0.2, 0.25) is 0 Å². The zero-order valence-corrected chi connectivity index (χ0v) is 16.6. The molecule has 0 aliphatic rings. The number of rotatable bonds is 7. The molecule has 0 aromatic heterocycles. The van der Waals surface area contributed by atoms with Crippen molar-refractivity contribution in [3.05, 3.63) is 53.1 Å². The Balaban J connectivity index is 2.36. The van der Waals surface area contributed by atoms with Gasteiger partial charge in [-0.25, -0.2) is 13.0 Å². The predicted octanol–water partition coefficient (Wildman–Crippen LogP) is 6.51. The molecular formula is C17H12F8O3S2. The van der Waals surface area contributed by atoms with E-state index in [9.17, 15) is 39.3 Å². The quantitative estimate of drug-likeness (QED) is 0.279. The van der Waals surface area contributed by atoms with Crippen LogP contribution in [0.5, 0.6) is 11.5 Å². The number of alkyl halides is 6. The van der Waals surface area contributed by atoms with Crippen molar-refractivity contribution in [2.24, 2.45) is 0 Å². The standard InChI is InChI=1S/C17H12F8O3S2/c1-8-3-4-13(9(2)5-8)28-10-6-11(18)14(12(19)7-10)29-16(22,23)15(20,21)17(24,25)30(26)27/h3-7H,1-2H3,(H,26,27). The highest BCUT2D eigenvalue weighted by Crippen LogP contribution is 2.55. The first-order valence-electron chi connectivity index (χ1n) is 7.77. The van der Waals surface area contributed by atoms with E-state index in [1.165, 1.54) is 6.07 Å². The van der Waals surface area contributed by atoms with E-state index >= 15 is 0 Å². The molecule has 0 fully saturated rings. The highest BCUT2D eigenvalue weighted by molar-refractivity contribution is 8.00. The van der Waals surface area contributed by atoms with Gasteiger partial charge in [-0.05, 0) is 37.2 Å². The minimum absolute atomic E-state index is 0.168. The number of thioether (sulfide) groups is 1. The van der Waals surface area contributed by atoms with Crippen LogP contribution in [0.4, 0.5) is 35.1 Å². The molecule has 1 unspecified atom stereocenters. The third-order valence-corrected chi connectivity index (χ3v) is 5.51. The van der Waals surface area contributed by atoms with Gasteiger partial charge >= 0.3 is 16.4 Å². The van der Waals surface area contributed by atoms with Gasteiger partial charge in [0, 0.05) is 12.1 Å². The molecule has 1 N–H and O–H groups in total. The molecule has 0 bridgehead atoms. The third-order valence-electron chi connectivity index (χ3n) is 3.71. The van der Waals surface area contributed by atoms with Gasteiger partial charge in [0.25, 0.3) is 0 Å². The molecular weight excluding hydrogens is 468 g/mol. The van der Waals surface area contributed by atoms with Gasteiger partial charge in [-0.1, -0.05) is 17.7 Å². The topological polar surface area (TPSA) is 46.5 Å². The van der Waals surface area contributed by atoms with Crippen molar-refractivity contribution in [3.63, 3.8) is 0 Å². The number of aryl methyl sites for hydroxylation is 2. The maximum absolute atomic E-state index is 14.1. The SMILES string of the molecule is Cc1ccc(Oc2cc(F)c(SC(F)(F)C(F)(F)C(F)(F)S(=O)O)c(F)c2)c(C)c1. The lowest BCUT2D eigenvalue weighted by molar-refractivity contribution is -0.240. The van der Waals surface area contributed by atoms with Crippen molar-refractivity contribution in [2.75, 3.05) is 0 Å². The first-order valence-corrected chi connectivity index (χ1v) is 9.70. The van der Waals surface area contributed by atoms with Crippen LogP contribution in [0.3, 0.4) is 0 Å². The van der Waals surface area contributed by atoms with Crippen LogP contribution in [0, 0.1) is 25.5 Å². The minimum Gasteiger partial charge on any atom is -0.457 e. The number of benzene rings is 2. The summed E-state index contributed by atoms with van der Waals surface area (Å²) in [4.78, 5) is -1.70. The summed E-state index contributed by atoms with van der Waals surface area (Å²) < 4.78 is 133. The van der Waals surface area contributed by atoms with Crippen LogP contribution in [0.15, 0.2) is 35.2 Å². The minimum atomic E-state index is -6.41. The van der Waals surface area contributed by atoms with Crippen LogP contribution in [0.25, 0.3) is 0 Å². The lowest BCUT2D eigenvalue weighted by Gasteiger charge is -2.30. The number of ether oxygens (including phenoxy) is 1. The van der Waals surface area contributed by atoms with E-state index in [0.29, 0.717) is 17.7 Å². The van der Waals surface area contributed by atoms with Gasteiger partial charge in [-0.2, -0.15) is 26.3 Å². The predicted molar refractivity (Wildman–Crippen MR) is 93.8 cm³/mol. The fourth-order valence-electron chi connectivity index (χ4n) is 2.21. The molecule has 30 heavy (non-hydrogen) atoms. The van der Waals surface area contributed by atoms with Gasteiger partial charge in [-0.3, -0.25) is 0 Å². The molecule has 0 amide bonds. The van der Waals surface area contributed by atoms with Crippen molar-refractivity contribution in [1.29, 1.82) is 0 Å². The zero-order chi connectivity index (χ0) is 23.1. The Labute approximate surface area is 171 Å². The Morgan fingerprint density at radius 3 is 1.97 bits per heavy atom. The molecule has 0 saturated carbocycles. The van der Waals surface area contributed by atoms with Gasteiger partial charge in [0.2, 0.25) is 11.1 Å². The molecule has 2 aromatic rings. The normalized spacial score (nSPS) is 14.0. The Bertz CT molecular complexity index is 958. The van der Waals surface area contributed by atoms with Gasteiger partial charge in [0.1, 0.15) is 23.1 Å². The molecule has 2 aromatic carbocycles. The second-order valence-corrected chi connectivity index (χ2v) is 8.18. The Hall–Kier alpha value is -1.86. The Kier molecular flexibility index (Phi) is 6.79. The van der Waals surface area contributed by atoms with Crippen molar-refractivity contribution in [1.82, 2.24) is 0 Å². The Morgan fingerprint density at radius 1 is 0.967 bits per heavy atom. The van der Waals surface area contributed by atoms with E-state index in [1.807, 2.05) is 0 Å². The van der Waals surface area contributed by atoms with E-state index < -0.39 is 61.6 Å². The largest absolute Gasteiger partial charge is 0.457 e. The maximum atomic E-state index is 14.1. The lowest BCUT2D eigenvalue weighted by atomic mass is 10.1. The van der Waals surface area contributed by atoms with Crippen molar-refractivity contribution >= 4 is 22.8 Å². The molecule has 0 aliphatic heterocycles.